The average Bonchev–Trinajstić information content (AvgIpc) is 3.46. The summed E-state index contributed by atoms with van der Waals surface area (Å²) >= 11 is 0. The van der Waals surface area contributed by atoms with Gasteiger partial charge in [-0.3, -0.25) is 0 Å². The molecule has 1 aliphatic rings. The van der Waals surface area contributed by atoms with Crippen LogP contribution < -0.4 is 24.8 Å². The third kappa shape index (κ3) is 4.86. The summed E-state index contributed by atoms with van der Waals surface area (Å²) in [7, 11) is -0.281. The van der Waals surface area contributed by atoms with Crippen LogP contribution in [0.3, 0.4) is 0 Å². The minimum atomic E-state index is -0.281. The van der Waals surface area contributed by atoms with Gasteiger partial charge in [-0.25, -0.2) is 12.1 Å². The molecule has 5 aromatic rings. The Hall–Kier alpha value is -1.11. The molecule has 1 heterocycles. The van der Waals surface area contributed by atoms with E-state index in [1.165, 1.54) is 36.5 Å². The first-order valence-corrected chi connectivity index (χ1v) is 11.2. The van der Waals surface area contributed by atoms with Crippen LogP contribution in [0.1, 0.15) is 23.7 Å². The fourth-order valence-corrected chi connectivity index (χ4v) is 7.36. The molecule has 0 nitrogen and oxygen atoms in total. The molecule has 0 fully saturated rings. The summed E-state index contributed by atoms with van der Waals surface area (Å²) in [5.74, 6) is 0. The Morgan fingerprint density at radius 1 is 0.767 bits per heavy atom. The molecule has 0 amide bonds. The number of aryl methyl sites for hydroxylation is 1. The van der Waals surface area contributed by atoms with Crippen molar-refractivity contribution in [3.05, 3.63) is 102 Å². The first kappa shape index (κ1) is 25.2. The monoisotopic (exact) mass is 616 g/mol. The van der Waals surface area contributed by atoms with Gasteiger partial charge < -0.3 is 24.8 Å². The van der Waals surface area contributed by atoms with E-state index in [0.29, 0.717) is 0 Å². The Morgan fingerprint density at radius 2 is 1.47 bits per heavy atom. The second-order valence-electron chi connectivity index (χ2n) is 7.29. The van der Waals surface area contributed by atoms with Crippen molar-refractivity contribution in [2.75, 3.05) is 0 Å². The maximum atomic E-state index is 2.43. The molecule has 1 atom stereocenters. The second-order valence-corrected chi connectivity index (χ2v) is 9.50. The number of halogens is 2. The van der Waals surface area contributed by atoms with Crippen LogP contribution in [0.4, 0.5) is 0 Å². The maximum Gasteiger partial charge on any atom is 4.00 e. The zero-order chi connectivity index (χ0) is 18.1. The molecule has 30 heavy (non-hydrogen) atoms. The van der Waals surface area contributed by atoms with Crippen molar-refractivity contribution in [3.63, 3.8) is 0 Å². The van der Waals surface area contributed by atoms with Crippen molar-refractivity contribution in [2.45, 2.75) is 25.7 Å². The van der Waals surface area contributed by atoms with E-state index in [2.05, 4.69) is 60.7 Å². The van der Waals surface area contributed by atoms with Crippen molar-refractivity contribution in [1.82, 2.24) is 0 Å². The van der Waals surface area contributed by atoms with Gasteiger partial charge in [-0.2, -0.15) is 24.3 Å². The van der Waals surface area contributed by atoms with Crippen molar-refractivity contribution in [3.8, 4) is 5.30 Å². The van der Waals surface area contributed by atoms with Crippen molar-refractivity contribution in [2.24, 2.45) is 0 Å². The predicted molar refractivity (Wildman–Crippen MR) is 120 cm³/mol. The standard InChI is InChI=1S/C21H18P.C5H5.2ClH.Hf/c1-2-8-16-14-17(13-15(16)7-1)22-20-11-5-3-9-18(20)19-10-4-6-12-21(19)22;1-2-4-5-3-1;;;/h1-3,5,7-9,11,13-14H,4,6,10,12H2;1-5H;2*1H;/q2*-1;;;+4/p-2. The number of benzene rings is 2. The molecule has 4 aromatic carbocycles. The van der Waals surface area contributed by atoms with Gasteiger partial charge >= 0.3 is 25.8 Å². The van der Waals surface area contributed by atoms with Crippen LogP contribution in [-0.2, 0) is 38.7 Å². The maximum absolute atomic E-state index is 2.43. The Morgan fingerprint density at radius 3 is 2.20 bits per heavy atom. The summed E-state index contributed by atoms with van der Waals surface area (Å²) in [6.07, 6.45) is 5.31. The van der Waals surface area contributed by atoms with Gasteiger partial charge in [-0.05, 0) is 41.9 Å². The van der Waals surface area contributed by atoms with Gasteiger partial charge in [0.15, 0.2) is 0 Å². The molecule has 0 aliphatic heterocycles. The van der Waals surface area contributed by atoms with Crippen LogP contribution in [0, 0.1) is 0 Å². The molecular formula is C26H23Cl2HfP. The first-order chi connectivity index (χ1) is 13.4. The zero-order valence-electron chi connectivity index (χ0n) is 16.7. The smallest absolute Gasteiger partial charge is 1.00 e. The quantitative estimate of drug-likeness (QED) is 0.200. The molecule has 1 aliphatic carbocycles. The van der Waals surface area contributed by atoms with Gasteiger partial charge in [0.05, 0.1) is 0 Å². The zero-order valence-corrected chi connectivity index (χ0v) is 22.7. The van der Waals surface area contributed by atoms with E-state index in [0.717, 1.165) is 0 Å². The molecule has 1 unspecified atom stereocenters. The summed E-state index contributed by atoms with van der Waals surface area (Å²) in [4.78, 5) is 0. The van der Waals surface area contributed by atoms with Crippen LogP contribution in [0.5, 0.6) is 0 Å². The minimum absolute atomic E-state index is 0. The SMILES string of the molecule is [Cl-].[Cl-].[Hf+4].c1cc[cH-]c1.c1ccc2[cH-]c(-p3c4c(c5ccccc53)CCCC4)cc2c1. The molecule has 0 bridgehead atoms. The van der Waals surface area contributed by atoms with Crippen LogP contribution in [0.15, 0.2) is 91.0 Å². The van der Waals surface area contributed by atoms with E-state index in [9.17, 15) is 0 Å². The van der Waals surface area contributed by atoms with E-state index >= 15 is 0 Å². The third-order valence-corrected chi connectivity index (χ3v) is 8.27. The molecule has 0 N–H and O–H groups in total. The summed E-state index contributed by atoms with van der Waals surface area (Å²) in [5, 5.41) is 9.24. The van der Waals surface area contributed by atoms with Gasteiger partial charge in [-0.15, -0.1) is 42.6 Å². The normalized spacial score (nSPS) is 12.6. The van der Waals surface area contributed by atoms with E-state index in [1.54, 1.807) is 26.7 Å². The summed E-state index contributed by atoms with van der Waals surface area (Å²) in [6.45, 7) is 0. The van der Waals surface area contributed by atoms with Crippen LogP contribution in [0.2, 0.25) is 0 Å². The molecule has 1 aromatic heterocycles. The van der Waals surface area contributed by atoms with Crippen LogP contribution >= 0.6 is 7.53 Å². The number of rotatable bonds is 1. The predicted octanol–water partition coefficient (Wildman–Crippen LogP) is 1.98. The van der Waals surface area contributed by atoms with E-state index < -0.39 is 0 Å². The number of hydrogen-bond donors (Lipinski definition) is 0. The van der Waals surface area contributed by atoms with E-state index in [1.807, 2.05) is 30.3 Å². The Balaban J connectivity index is 0.000000356. The fourth-order valence-electron chi connectivity index (χ4n) is 4.37. The van der Waals surface area contributed by atoms with E-state index in [-0.39, 0.29) is 58.2 Å². The Kier molecular flexibility index (Phi) is 9.64. The largest absolute Gasteiger partial charge is 4.00 e. The van der Waals surface area contributed by atoms with Gasteiger partial charge in [0.25, 0.3) is 0 Å². The topological polar surface area (TPSA) is 0 Å². The summed E-state index contributed by atoms with van der Waals surface area (Å²) in [5.41, 5.74) is 1.68. The van der Waals surface area contributed by atoms with E-state index in [4.69, 9.17) is 0 Å². The van der Waals surface area contributed by atoms with Gasteiger partial charge in [-0.1, -0.05) is 35.6 Å². The second kappa shape index (κ2) is 11.5. The van der Waals surface area contributed by atoms with Crippen LogP contribution in [-0.4, -0.2) is 0 Å². The molecule has 6 rings (SSSR count). The molecular weight excluding hydrogens is 593 g/mol. The Labute approximate surface area is 211 Å². The van der Waals surface area contributed by atoms with Gasteiger partial charge in [0.1, 0.15) is 0 Å². The molecule has 0 saturated heterocycles. The summed E-state index contributed by atoms with van der Waals surface area (Å²) < 4.78 is 0. The van der Waals surface area contributed by atoms with Crippen molar-refractivity contribution in [1.29, 1.82) is 0 Å². The van der Waals surface area contributed by atoms with Gasteiger partial charge in [0, 0.05) is 5.12 Å². The molecule has 0 saturated carbocycles. The van der Waals surface area contributed by atoms with Crippen molar-refractivity contribution >= 4 is 28.8 Å². The fraction of sp³-hybridized carbons (Fsp3) is 0.154. The molecule has 0 spiro atoms. The third-order valence-electron chi connectivity index (χ3n) is 5.60. The minimum Gasteiger partial charge on any atom is -1.00 e. The Bertz CT molecular complexity index is 1130. The molecule has 4 heteroatoms. The van der Waals surface area contributed by atoms with Crippen molar-refractivity contribution < 1.29 is 50.7 Å². The first-order valence-electron chi connectivity index (χ1n) is 9.85. The molecule has 150 valence electrons. The average molecular weight is 616 g/mol. The summed E-state index contributed by atoms with van der Waals surface area (Å²) in [6, 6.07) is 32.8. The number of fused-ring (bicyclic) bond motifs is 4. The number of hydrogen-bond acceptors (Lipinski definition) is 0. The molecule has 0 radical (unpaired) electrons. The van der Waals surface area contributed by atoms with Crippen LogP contribution in [0.25, 0.3) is 26.6 Å². The van der Waals surface area contributed by atoms with Gasteiger partial charge in [0.2, 0.25) is 0 Å².